The number of carbonyl (C=O) groups excluding carboxylic acids is 2. The van der Waals surface area contributed by atoms with Gasteiger partial charge in [0.2, 0.25) is 0 Å². The third-order valence-corrected chi connectivity index (χ3v) is 6.17. The Bertz CT molecular complexity index is 1240. The lowest BCUT2D eigenvalue weighted by Crippen LogP contribution is -2.30. The molecule has 9 heteroatoms. The van der Waals surface area contributed by atoms with Crippen molar-refractivity contribution in [3.05, 3.63) is 68.0 Å². The van der Waals surface area contributed by atoms with E-state index in [1.54, 1.807) is 17.6 Å². The van der Waals surface area contributed by atoms with E-state index in [1.807, 2.05) is 42.5 Å². The molecule has 0 unspecified atom stereocenters. The highest BCUT2D eigenvalue weighted by atomic mass is 127. The summed E-state index contributed by atoms with van der Waals surface area (Å²) in [6, 6.07) is 15.1. The molecule has 0 aliphatic carbocycles. The lowest BCUT2D eigenvalue weighted by Gasteiger charge is -2.14. The number of fused-ring (bicyclic) bond motifs is 1. The summed E-state index contributed by atoms with van der Waals surface area (Å²) in [5.41, 5.74) is 1.97. The second-order valence-electron chi connectivity index (χ2n) is 6.83. The van der Waals surface area contributed by atoms with Crippen molar-refractivity contribution in [1.82, 2.24) is 14.6 Å². The van der Waals surface area contributed by atoms with Gasteiger partial charge in [-0.15, -0.1) is 0 Å². The molecule has 0 spiro atoms. The first kappa shape index (κ1) is 20.7. The Morgan fingerprint density at radius 3 is 2.63 bits per heavy atom. The van der Waals surface area contributed by atoms with Crippen LogP contribution in [-0.2, 0) is 16.1 Å². The maximum atomic E-state index is 13.2. The van der Waals surface area contributed by atoms with Crippen molar-refractivity contribution in [2.24, 2.45) is 5.10 Å². The highest BCUT2D eigenvalue weighted by molar-refractivity contribution is 14.1. The van der Waals surface area contributed by atoms with E-state index < -0.39 is 5.91 Å². The fourth-order valence-electron chi connectivity index (χ4n) is 3.13. The third kappa shape index (κ3) is 4.31. The number of thioether (sulfide) groups is 1. The van der Waals surface area contributed by atoms with Crippen LogP contribution in [0.25, 0.3) is 10.9 Å². The fourth-order valence-corrected chi connectivity index (χ4v) is 4.46. The van der Waals surface area contributed by atoms with E-state index in [4.69, 9.17) is 0 Å². The number of amides is 2. The Morgan fingerprint density at radius 1 is 1.17 bits per heavy atom. The fraction of sp³-hybridized carbons (Fsp3) is 0.190. The molecule has 30 heavy (non-hydrogen) atoms. The normalized spacial score (nSPS) is 13.7. The van der Waals surface area contributed by atoms with Gasteiger partial charge in [-0.3, -0.25) is 19.0 Å². The molecule has 1 aromatic heterocycles. The summed E-state index contributed by atoms with van der Waals surface area (Å²) in [4.78, 5) is 42.3. The first-order valence-electron chi connectivity index (χ1n) is 9.19. The Kier molecular flexibility index (Phi) is 6.00. The highest BCUT2D eigenvalue weighted by Crippen LogP contribution is 2.21. The summed E-state index contributed by atoms with van der Waals surface area (Å²) >= 11 is 3.30. The first-order valence-corrected chi connectivity index (χ1v) is 11.3. The summed E-state index contributed by atoms with van der Waals surface area (Å²) in [6.07, 6.45) is 0.155. The molecule has 0 saturated carbocycles. The van der Waals surface area contributed by atoms with Crippen molar-refractivity contribution in [3.63, 3.8) is 0 Å². The van der Waals surface area contributed by atoms with E-state index in [1.165, 1.54) is 0 Å². The van der Waals surface area contributed by atoms with Gasteiger partial charge in [0.15, 0.2) is 5.16 Å². The number of hydrogen-bond donors (Lipinski definition) is 0. The summed E-state index contributed by atoms with van der Waals surface area (Å²) in [6.45, 7) is 2.05. The molecule has 1 aliphatic rings. The van der Waals surface area contributed by atoms with E-state index in [0.717, 1.165) is 25.9 Å². The number of nitrogens with zero attached hydrogens (tertiary/aromatic N) is 4. The smallest absolute Gasteiger partial charge is 0.262 e. The van der Waals surface area contributed by atoms with Crippen LogP contribution >= 0.6 is 34.4 Å². The van der Waals surface area contributed by atoms with Gasteiger partial charge in [0, 0.05) is 9.28 Å². The molecule has 0 saturated heterocycles. The van der Waals surface area contributed by atoms with Crippen molar-refractivity contribution >= 4 is 62.8 Å². The van der Waals surface area contributed by atoms with Crippen LogP contribution in [0.2, 0.25) is 0 Å². The molecule has 152 valence electrons. The summed E-state index contributed by atoms with van der Waals surface area (Å²) in [5.74, 6) is -0.800. The molecule has 0 N–H and O–H groups in total. The van der Waals surface area contributed by atoms with Crippen molar-refractivity contribution in [2.45, 2.75) is 25.0 Å². The van der Waals surface area contributed by atoms with Gasteiger partial charge in [0.1, 0.15) is 0 Å². The van der Waals surface area contributed by atoms with E-state index >= 15 is 0 Å². The monoisotopic (exact) mass is 532 g/mol. The molecule has 4 rings (SSSR count). The average molecular weight is 532 g/mol. The molecule has 0 bridgehead atoms. The second-order valence-corrected chi connectivity index (χ2v) is 9.02. The van der Waals surface area contributed by atoms with Crippen molar-refractivity contribution in [1.29, 1.82) is 0 Å². The second kappa shape index (κ2) is 8.68. The van der Waals surface area contributed by atoms with Crippen LogP contribution in [0.4, 0.5) is 0 Å². The zero-order valence-electron chi connectivity index (χ0n) is 16.0. The Hall–Kier alpha value is -2.53. The van der Waals surface area contributed by atoms with E-state index in [9.17, 15) is 14.4 Å². The van der Waals surface area contributed by atoms with Gasteiger partial charge in [-0.05, 0) is 53.3 Å². The number of hydrogen-bond acceptors (Lipinski definition) is 6. The van der Waals surface area contributed by atoms with Crippen molar-refractivity contribution < 1.29 is 9.59 Å². The molecule has 2 heterocycles. The van der Waals surface area contributed by atoms with Gasteiger partial charge >= 0.3 is 0 Å². The van der Waals surface area contributed by atoms with E-state index in [0.29, 0.717) is 28.3 Å². The van der Waals surface area contributed by atoms with Crippen LogP contribution in [0.1, 0.15) is 18.9 Å². The number of carbonyl (C=O) groups is 2. The zero-order valence-corrected chi connectivity index (χ0v) is 19.0. The number of halogens is 1. The molecule has 3 aromatic rings. The van der Waals surface area contributed by atoms with Crippen molar-refractivity contribution in [2.75, 3.05) is 5.75 Å². The van der Waals surface area contributed by atoms with Crippen LogP contribution in [0.5, 0.6) is 0 Å². The standard InChI is InChI=1S/C21H17IN4O3S/c1-13-9-18(27)26(24-13)19(28)12-30-21-23-17-8-7-15(22)10-16(17)20(29)25(21)11-14-5-3-2-4-6-14/h2-8,10H,9,11-12H2,1H3. The lowest BCUT2D eigenvalue weighted by atomic mass is 10.2. The summed E-state index contributed by atoms with van der Waals surface area (Å²) in [5, 5.41) is 5.86. The minimum atomic E-state index is -0.426. The minimum absolute atomic E-state index is 0.0420. The summed E-state index contributed by atoms with van der Waals surface area (Å²) < 4.78 is 2.52. The van der Waals surface area contributed by atoms with Crippen LogP contribution in [0.3, 0.4) is 0 Å². The number of aromatic nitrogens is 2. The number of imide groups is 1. The maximum absolute atomic E-state index is 13.2. The van der Waals surface area contributed by atoms with E-state index in [2.05, 4.69) is 32.7 Å². The van der Waals surface area contributed by atoms with Crippen LogP contribution < -0.4 is 5.56 Å². The average Bonchev–Trinajstić information content (AvgIpc) is 3.08. The largest absolute Gasteiger partial charge is 0.283 e. The Morgan fingerprint density at radius 2 is 1.93 bits per heavy atom. The number of benzene rings is 2. The molecular formula is C21H17IN4O3S. The SMILES string of the molecule is CC1=NN(C(=O)CSc2nc3ccc(I)cc3c(=O)n2Cc2ccccc2)C(=O)C1. The minimum Gasteiger partial charge on any atom is -0.283 e. The summed E-state index contributed by atoms with van der Waals surface area (Å²) in [7, 11) is 0. The molecule has 0 radical (unpaired) electrons. The van der Waals surface area contributed by atoms with Gasteiger partial charge in [-0.1, -0.05) is 42.1 Å². The van der Waals surface area contributed by atoms with Crippen molar-refractivity contribution in [3.8, 4) is 0 Å². The molecule has 2 aromatic carbocycles. The van der Waals surface area contributed by atoms with Gasteiger partial charge < -0.3 is 0 Å². The molecule has 1 aliphatic heterocycles. The van der Waals surface area contributed by atoms with E-state index in [-0.39, 0.29) is 23.6 Å². The predicted octanol–water partition coefficient (Wildman–Crippen LogP) is 3.28. The van der Waals surface area contributed by atoms with Crippen LogP contribution in [-0.4, -0.2) is 37.8 Å². The maximum Gasteiger partial charge on any atom is 0.262 e. The first-order chi connectivity index (χ1) is 14.4. The van der Waals surface area contributed by atoms with Gasteiger partial charge in [-0.2, -0.15) is 10.1 Å². The van der Waals surface area contributed by atoms with Gasteiger partial charge in [0.05, 0.1) is 29.6 Å². The molecule has 2 amide bonds. The topological polar surface area (TPSA) is 84.6 Å². The molecular weight excluding hydrogens is 515 g/mol. The number of hydrazone groups is 1. The van der Waals surface area contributed by atoms with Gasteiger partial charge in [-0.25, -0.2) is 4.98 Å². The molecule has 0 fully saturated rings. The lowest BCUT2D eigenvalue weighted by molar-refractivity contribution is -0.141. The van der Waals surface area contributed by atoms with Crippen LogP contribution in [0, 0.1) is 3.57 Å². The predicted molar refractivity (Wildman–Crippen MR) is 125 cm³/mol. The van der Waals surface area contributed by atoms with Gasteiger partial charge in [0.25, 0.3) is 17.4 Å². The molecule has 0 atom stereocenters. The highest BCUT2D eigenvalue weighted by Gasteiger charge is 2.27. The van der Waals surface area contributed by atoms with Crippen LogP contribution in [0.15, 0.2) is 63.6 Å². The molecule has 7 nitrogen and oxygen atoms in total. The Labute approximate surface area is 190 Å². The third-order valence-electron chi connectivity index (χ3n) is 4.54. The quantitative estimate of drug-likeness (QED) is 0.286. The Balaban J connectivity index is 1.69. The number of rotatable bonds is 5. The zero-order chi connectivity index (χ0) is 21.3.